The second-order valence-corrected chi connectivity index (χ2v) is 6.91. The summed E-state index contributed by atoms with van der Waals surface area (Å²) in [6.07, 6.45) is 6.58. The molecular weight excluding hydrogens is 292 g/mol. The van der Waals surface area contributed by atoms with Crippen LogP contribution >= 0.6 is 0 Å². The molecule has 2 heterocycles. The second-order valence-electron chi connectivity index (χ2n) is 6.91. The number of nitrogens with one attached hydrogen (secondary N) is 1. The molecule has 0 spiro atoms. The molecule has 3 rings (SSSR count). The molecule has 1 aromatic heterocycles. The van der Waals surface area contributed by atoms with Crippen LogP contribution in [-0.4, -0.2) is 58.5 Å². The van der Waals surface area contributed by atoms with Crippen LogP contribution in [0.5, 0.6) is 0 Å². The van der Waals surface area contributed by atoms with Crippen LogP contribution in [0.25, 0.3) is 0 Å². The number of amides is 1. The fraction of sp³-hybridized carbons (Fsp3) is 0.765. The van der Waals surface area contributed by atoms with Crippen molar-refractivity contribution < 1.29 is 9.53 Å². The van der Waals surface area contributed by atoms with Crippen LogP contribution in [0.15, 0.2) is 6.20 Å². The summed E-state index contributed by atoms with van der Waals surface area (Å²) in [6.45, 7) is 7.56. The van der Waals surface area contributed by atoms with E-state index < -0.39 is 0 Å². The molecule has 1 N–H and O–H groups in total. The van der Waals surface area contributed by atoms with E-state index in [1.807, 2.05) is 14.0 Å². The van der Waals surface area contributed by atoms with E-state index in [0.29, 0.717) is 5.56 Å². The van der Waals surface area contributed by atoms with Crippen molar-refractivity contribution in [2.75, 3.05) is 26.3 Å². The molecule has 1 saturated heterocycles. The Bertz CT molecular complexity index is 557. The topological polar surface area (TPSA) is 59.4 Å². The maximum absolute atomic E-state index is 12.7. The van der Waals surface area contributed by atoms with Gasteiger partial charge in [0.25, 0.3) is 5.91 Å². The van der Waals surface area contributed by atoms with E-state index in [9.17, 15) is 4.79 Å². The quantitative estimate of drug-likeness (QED) is 0.913. The third-order valence-corrected chi connectivity index (χ3v) is 5.52. The van der Waals surface area contributed by atoms with E-state index in [2.05, 4.69) is 22.2 Å². The Kier molecular flexibility index (Phi) is 4.73. The molecule has 23 heavy (non-hydrogen) atoms. The average molecular weight is 320 g/mol. The number of hydrogen-bond donors (Lipinski definition) is 1. The van der Waals surface area contributed by atoms with Crippen molar-refractivity contribution >= 4 is 5.91 Å². The van der Waals surface area contributed by atoms with Gasteiger partial charge in [0.2, 0.25) is 0 Å². The largest absolute Gasteiger partial charge is 0.379 e. The number of hydrogen-bond acceptors (Lipinski definition) is 4. The van der Waals surface area contributed by atoms with E-state index in [0.717, 1.165) is 44.8 Å². The molecule has 1 aliphatic heterocycles. The summed E-state index contributed by atoms with van der Waals surface area (Å²) in [7, 11) is 1.85. The number of carbonyl (C=O) groups excluding carboxylic acids is 1. The lowest BCUT2D eigenvalue weighted by Crippen LogP contribution is -2.62. The molecule has 2 fully saturated rings. The molecule has 0 bridgehead atoms. The number of morpholine rings is 1. The minimum absolute atomic E-state index is 0.0114. The molecule has 6 nitrogen and oxygen atoms in total. The smallest absolute Gasteiger partial charge is 0.255 e. The molecule has 0 radical (unpaired) electrons. The molecule has 0 aromatic carbocycles. The van der Waals surface area contributed by atoms with Crippen LogP contribution in [0.4, 0.5) is 0 Å². The zero-order valence-electron chi connectivity index (χ0n) is 14.5. The summed E-state index contributed by atoms with van der Waals surface area (Å²) < 4.78 is 7.21. The molecule has 2 aliphatic rings. The first-order valence-corrected chi connectivity index (χ1v) is 8.67. The fourth-order valence-corrected chi connectivity index (χ4v) is 4.25. The lowest BCUT2D eigenvalue weighted by atomic mass is 9.86. The Morgan fingerprint density at radius 1 is 1.35 bits per heavy atom. The van der Waals surface area contributed by atoms with Gasteiger partial charge in [-0.3, -0.25) is 14.4 Å². The highest BCUT2D eigenvalue weighted by atomic mass is 16.5. The predicted molar refractivity (Wildman–Crippen MR) is 88.5 cm³/mol. The van der Waals surface area contributed by atoms with E-state index >= 15 is 0 Å². The first-order chi connectivity index (χ1) is 11.0. The number of aromatic nitrogens is 2. The van der Waals surface area contributed by atoms with Crippen molar-refractivity contribution in [3.63, 3.8) is 0 Å². The molecule has 0 unspecified atom stereocenters. The van der Waals surface area contributed by atoms with Gasteiger partial charge in [0, 0.05) is 37.9 Å². The Hall–Kier alpha value is -1.40. The standard InChI is InChI=1S/C17H28N4O2/c1-13-15(12-20(3)19-13)16(22)18-14(2)17(6-4-5-7-17)21-8-10-23-11-9-21/h12,14H,4-11H2,1-3H3,(H,18,22)/t14-/m1/s1. The van der Waals surface area contributed by atoms with Crippen molar-refractivity contribution in [3.05, 3.63) is 17.5 Å². The maximum atomic E-state index is 12.7. The maximum Gasteiger partial charge on any atom is 0.255 e. The van der Waals surface area contributed by atoms with Crippen molar-refractivity contribution in [3.8, 4) is 0 Å². The number of aryl methyl sites for hydroxylation is 2. The van der Waals surface area contributed by atoms with E-state index in [1.165, 1.54) is 12.8 Å². The van der Waals surface area contributed by atoms with Gasteiger partial charge < -0.3 is 10.1 Å². The predicted octanol–water partition coefficient (Wildman–Crippen LogP) is 1.49. The minimum Gasteiger partial charge on any atom is -0.379 e. The van der Waals surface area contributed by atoms with Gasteiger partial charge in [-0.25, -0.2) is 0 Å². The van der Waals surface area contributed by atoms with Crippen molar-refractivity contribution in [1.29, 1.82) is 0 Å². The van der Waals surface area contributed by atoms with Gasteiger partial charge in [0.15, 0.2) is 0 Å². The van der Waals surface area contributed by atoms with Gasteiger partial charge in [-0.15, -0.1) is 0 Å². The van der Waals surface area contributed by atoms with Crippen LogP contribution in [-0.2, 0) is 11.8 Å². The Morgan fingerprint density at radius 3 is 2.57 bits per heavy atom. The van der Waals surface area contributed by atoms with Gasteiger partial charge in [0.1, 0.15) is 0 Å². The van der Waals surface area contributed by atoms with Gasteiger partial charge >= 0.3 is 0 Å². The number of ether oxygens (including phenoxy) is 1. The molecule has 1 saturated carbocycles. The van der Waals surface area contributed by atoms with E-state index in [4.69, 9.17) is 4.74 Å². The average Bonchev–Trinajstić information content (AvgIpc) is 3.15. The van der Waals surface area contributed by atoms with Gasteiger partial charge in [0.05, 0.1) is 24.5 Å². The third-order valence-electron chi connectivity index (χ3n) is 5.52. The first-order valence-electron chi connectivity index (χ1n) is 8.67. The third kappa shape index (κ3) is 3.15. The number of nitrogens with zero attached hydrogens (tertiary/aromatic N) is 3. The SMILES string of the molecule is Cc1nn(C)cc1C(=O)N[C@H](C)C1(N2CCOCC2)CCCC1. The lowest BCUT2D eigenvalue weighted by molar-refractivity contribution is -0.0323. The summed E-state index contributed by atoms with van der Waals surface area (Å²) in [6, 6.07) is 0.121. The second kappa shape index (κ2) is 6.61. The van der Waals surface area contributed by atoms with Crippen LogP contribution in [0, 0.1) is 6.92 Å². The van der Waals surface area contributed by atoms with Crippen molar-refractivity contribution in [2.45, 2.75) is 51.1 Å². The summed E-state index contributed by atoms with van der Waals surface area (Å²) in [5.74, 6) is -0.0114. The molecule has 1 aromatic rings. The van der Waals surface area contributed by atoms with Crippen molar-refractivity contribution in [2.24, 2.45) is 7.05 Å². The van der Waals surface area contributed by atoms with Crippen LogP contribution in [0.1, 0.15) is 48.7 Å². The monoisotopic (exact) mass is 320 g/mol. The molecule has 6 heteroatoms. The Balaban J connectivity index is 1.75. The van der Waals surface area contributed by atoms with Crippen LogP contribution in [0.3, 0.4) is 0 Å². The number of carbonyl (C=O) groups is 1. The van der Waals surface area contributed by atoms with Crippen LogP contribution in [0.2, 0.25) is 0 Å². The highest BCUT2D eigenvalue weighted by Gasteiger charge is 2.45. The van der Waals surface area contributed by atoms with Crippen LogP contribution < -0.4 is 5.32 Å². The first kappa shape index (κ1) is 16.5. The van der Waals surface area contributed by atoms with Gasteiger partial charge in [-0.1, -0.05) is 12.8 Å². The van der Waals surface area contributed by atoms with E-state index in [1.54, 1.807) is 10.9 Å². The Morgan fingerprint density at radius 2 is 2.00 bits per heavy atom. The molecule has 128 valence electrons. The zero-order chi connectivity index (χ0) is 16.4. The lowest BCUT2D eigenvalue weighted by Gasteiger charge is -2.47. The molecule has 1 aliphatic carbocycles. The van der Waals surface area contributed by atoms with E-state index in [-0.39, 0.29) is 17.5 Å². The van der Waals surface area contributed by atoms with Crippen molar-refractivity contribution in [1.82, 2.24) is 20.0 Å². The zero-order valence-corrected chi connectivity index (χ0v) is 14.5. The minimum atomic E-state index is -0.0114. The van der Waals surface area contributed by atoms with Gasteiger partial charge in [-0.05, 0) is 26.7 Å². The normalized spacial score (nSPS) is 22.9. The summed E-state index contributed by atoms with van der Waals surface area (Å²) >= 11 is 0. The molecular formula is C17H28N4O2. The molecule has 1 atom stereocenters. The fourth-order valence-electron chi connectivity index (χ4n) is 4.25. The summed E-state index contributed by atoms with van der Waals surface area (Å²) in [5.41, 5.74) is 1.54. The number of rotatable bonds is 4. The molecule has 1 amide bonds. The Labute approximate surface area is 138 Å². The highest BCUT2D eigenvalue weighted by Crippen LogP contribution is 2.38. The summed E-state index contributed by atoms with van der Waals surface area (Å²) in [4.78, 5) is 15.2. The summed E-state index contributed by atoms with van der Waals surface area (Å²) in [5, 5.41) is 7.53. The highest BCUT2D eigenvalue weighted by molar-refractivity contribution is 5.95. The van der Waals surface area contributed by atoms with Gasteiger partial charge in [-0.2, -0.15) is 5.10 Å².